The summed E-state index contributed by atoms with van der Waals surface area (Å²) < 4.78 is 10.5. The maximum atomic E-state index is 11.7. The van der Waals surface area contributed by atoms with Gasteiger partial charge in [0.1, 0.15) is 6.04 Å². The lowest BCUT2D eigenvalue weighted by molar-refractivity contribution is -0.152. The molecule has 0 bridgehead atoms. The lowest BCUT2D eigenvalue weighted by Gasteiger charge is -2.36. The fourth-order valence-corrected chi connectivity index (χ4v) is 1.98. The Labute approximate surface area is 96.9 Å². The van der Waals surface area contributed by atoms with E-state index in [1.165, 1.54) is 0 Å². The molecule has 1 heterocycles. The average molecular weight is 230 g/mol. The van der Waals surface area contributed by atoms with Crippen molar-refractivity contribution >= 4 is 5.97 Å². The van der Waals surface area contributed by atoms with Gasteiger partial charge in [-0.3, -0.25) is 9.69 Å². The molecule has 0 aromatic heterocycles. The molecule has 0 aromatic rings. The minimum Gasteiger partial charge on any atom is -0.465 e. The van der Waals surface area contributed by atoms with E-state index in [0.717, 1.165) is 13.0 Å². The number of rotatable bonds is 5. The molecule has 0 aromatic carbocycles. The fraction of sp³-hybridized carbons (Fsp3) is 0.909. The van der Waals surface area contributed by atoms with Crippen LogP contribution in [0.4, 0.5) is 0 Å². The molecule has 2 atom stereocenters. The van der Waals surface area contributed by atoms with Gasteiger partial charge >= 0.3 is 5.97 Å². The van der Waals surface area contributed by atoms with E-state index >= 15 is 0 Å². The summed E-state index contributed by atoms with van der Waals surface area (Å²) in [5.74, 6) is -0.136. The van der Waals surface area contributed by atoms with Gasteiger partial charge in [-0.05, 0) is 13.3 Å². The first kappa shape index (κ1) is 13.4. The Balaban J connectivity index is 2.54. The Kier molecular flexibility index (Phi) is 5.73. The van der Waals surface area contributed by atoms with E-state index < -0.39 is 0 Å². The molecule has 1 aliphatic heterocycles. The zero-order valence-electron chi connectivity index (χ0n) is 10.1. The Morgan fingerprint density at radius 2 is 2.38 bits per heavy atom. The molecule has 2 N–H and O–H groups in total. The molecule has 1 rings (SSSR count). The van der Waals surface area contributed by atoms with Crippen LogP contribution in [-0.2, 0) is 14.3 Å². The van der Waals surface area contributed by atoms with Crippen molar-refractivity contribution in [1.82, 2.24) is 4.90 Å². The summed E-state index contributed by atoms with van der Waals surface area (Å²) in [6.45, 7) is 6.87. The van der Waals surface area contributed by atoms with Crippen molar-refractivity contribution in [1.29, 1.82) is 0 Å². The molecule has 1 aliphatic rings. The van der Waals surface area contributed by atoms with Crippen LogP contribution in [0.2, 0.25) is 0 Å². The number of hydrogen-bond donors (Lipinski definition) is 1. The van der Waals surface area contributed by atoms with Crippen LogP contribution in [0.3, 0.4) is 0 Å². The van der Waals surface area contributed by atoms with Crippen LogP contribution < -0.4 is 5.73 Å². The lowest BCUT2D eigenvalue weighted by Crippen LogP contribution is -2.52. The van der Waals surface area contributed by atoms with Crippen molar-refractivity contribution in [2.24, 2.45) is 5.73 Å². The second kappa shape index (κ2) is 6.83. The van der Waals surface area contributed by atoms with Crippen LogP contribution in [0, 0.1) is 0 Å². The molecule has 0 radical (unpaired) electrons. The molecular weight excluding hydrogens is 208 g/mol. The van der Waals surface area contributed by atoms with E-state index in [2.05, 4.69) is 4.90 Å². The van der Waals surface area contributed by atoms with E-state index in [1.807, 2.05) is 13.8 Å². The topological polar surface area (TPSA) is 64.8 Å². The number of carbonyl (C=O) groups excluding carboxylic acids is 1. The standard InChI is InChI=1S/C11H22N2O3/c1-3-10(11(14)15-4-2)13-5-6-16-9(7-12)8-13/h9-10H,3-8,12H2,1-2H3. The highest BCUT2D eigenvalue weighted by atomic mass is 16.5. The molecule has 16 heavy (non-hydrogen) atoms. The largest absolute Gasteiger partial charge is 0.465 e. The van der Waals surface area contributed by atoms with Crippen molar-refractivity contribution < 1.29 is 14.3 Å². The first-order chi connectivity index (χ1) is 7.72. The van der Waals surface area contributed by atoms with Crippen LogP contribution in [0.5, 0.6) is 0 Å². The summed E-state index contributed by atoms with van der Waals surface area (Å²) in [6, 6.07) is -0.155. The molecule has 0 amide bonds. The summed E-state index contributed by atoms with van der Waals surface area (Å²) in [4.78, 5) is 13.8. The zero-order valence-corrected chi connectivity index (χ0v) is 10.1. The van der Waals surface area contributed by atoms with Gasteiger partial charge in [0.25, 0.3) is 0 Å². The predicted octanol–water partition coefficient (Wildman–Crippen LogP) is -0.0124. The number of hydrogen-bond acceptors (Lipinski definition) is 5. The molecule has 1 saturated heterocycles. The number of ether oxygens (including phenoxy) is 2. The summed E-state index contributed by atoms with van der Waals surface area (Å²) >= 11 is 0. The molecule has 0 aliphatic carbocycles. The summed E-state index contributed by atoms with van der Waals surface area (Å²) in [7, 11) is 0. The second-order valence-electron chi connectivity index (χ2n) is 3.90. The zero-order chi connectivity index (χ0) is 12.0. The normalized spacial score (nSPS) is 24.1. The first-order valence-corrected chi connectivity index (χ1v) is 5.95. The average Bonchev–Trinajstić information content (AvgIpc) is 2.31. The van der Waals surface area contributed by atoms with Gasteiger partial charge in [0.05, 0.1) is 19.3 Å². The third-order valence-corrected chi connectivity index (χ3v) is 2.82. The van der Waals surface area contributed by atoms with Gasteiger partial charge in [0.15, 0.2) is 0 Å². The van der Waals surface area contributed by atoms with E-state index in [-0.39, 0.29) is 18.1 Å². The fourth-order valence-electron chi connectivity index (χ4n) is 1.98. The van der Waals surface area contributed by atoms with Gasteiger partial charge < -0.3 is 15.2 Å². The number of morpholine rings is 1. The number of carbonyl (C=O) groups is 1. The molecule has 0 spiro atoms. The number of esters is 1. The Hall–Kier alpha value is -0.650. The Morgan fingerprint density at radius 3 is 2.94 bits per heavy atom. The van der Waals surface area contributed by atoms with Crippen LogP contribution in [0.25, 0.3) is 0 Å². The Bertz CT molecular complexity index is 223. The lowest BCUT2D eigenvalue weighted by atomic mass is 10.1. The van der Waals surface area contributed by atoms with E-state index in [1.54, 1.807) is 0 Å². The predicted molar refractivity (Wildman–Crippen MR) is 61.1 cm³/mol. The molecule has 1 fully saturated rings. The van der Waals surface area contributed by atoms with Crippen LogP contribution in [0.15, 0.2) is 0 Å². The van der Waals surface area contributed by atoms with Gasteiger partial charge in [0, 0.05) is 19.6 Å². The van der Waals surface area contributed by atoms with Crippen molar-refractivity contribution in [3.8, 4) is 0 Å². The number of nitrogens with zero attached hydrogens (tertiary/aromatic N) is 1. The number of nitrogens with two attached hydrogens (primary N) is 1. The van der Waals surface area contributed by atoms with Crippen molar-refractivity contribution in [3.05, 3.63) is 0 Å². The van der Waals surface area contributed by atoms with Crippen LogP contribution >= 0.6 is 0 Å². The van der Waals surface area contributed by atoms with E-state index in [0.29, 0.717) is 26.3 Å². The minimum absolute atomic E-state index is 0.0391. The summed E-state index contributed by atoms with van der Waals surface area (Å²) in [6.07, 6.45) is 0.799. The highest BCUT2D eigenvalue weighted by Crippen LogP contribution is 2.12. The van der Waals surface area contributed by atoms with Gasteiger partial charge in [-0.25, -0.2) is 0 Å². The molecule has 5 nitrogen and oxygen atoms in total. The first-order valence-electron chi connectivity index (χ1n) is 5.95. The second-order valence-corrected chi connectivity index (χ2v) is 3.90. The summed E-state index contributed by atoms with van der Waals surface area (Å²) in [5.41, 5.74) is 5.57. The van der Waals surface area contributed by atoms with E-state index in [4.69, 9.17) is 15.2 Å². The maximum Gasteiger partial charge on any atom is 0.323 e. The monoisotopic (exact) mass is 230 g/mol. The minimum atomic E-state index is -0.155. The molecule has 0 saturated carbocycles. The molecular formula is C11H22N2O3. The van der Waals surface area contributed by atoms with Crippen molar-refractivity contribution in [2.75, 3.05) is 32.8 Å². The third-order valence-electron chi connectivity index (χ3n) is 2.82. The Morgan fingerprint density at radius 1 is 1.62 bits per heavy atom. The van der Waals surface area contributed by atoms with Gasteiger partial charge in [-0.1, -0.05) is 6.92 Å². The van der Waals surface area contributed by atoms with E-state index in [9.17, 15) is 4.79 Å². The van der Waals surface area contributed by atoms with Crippen LogP contribution in [0.1, 0.15) is 20.3 Å². The van der Waals surface area contributed by atoms with Gasteiger partial charge in [-0.15, -0.1) is 0 Å². The third kappa shape index (κ3) is 3.43. The van der Waals surface area contributed by atoms with Crippen molar-refractivity contribution in [3.63, 3.8) is 0 Å². The van der Waals surface area contributed by atoms with Gasteiger partial charge in [0.2, 0.25) is 0 Å². The maximum absolute atomic E-state index is 11.7. The van der Waals surface area contributed by atoms with Gasteiger partial charge in [-0.2, -0.15) is 0 Å². The SMILES string of the molecule is CCOC(=O)C(CC)N1CCOC(CN)C1. The summed E-state index contributed by atoms with van der Waals surface area (Å²) in [5, 5.41) is 0. The molecule has 2 unspecified atom stereocenters. The van der Waals surface area contributed by atoms with Crippen molar-refractivity contribution in [2.45, 2.75) is 32.4 Å². The van der Waals surface area contributed by atoms with Crippen LogP contribution in [-0.4, -0.2) is 55.9 Å². The highest BCUT2D eigenvalue weighted by Gasteiger charge is 2.29. The molecule has 5 heteroatoms. The highest BCUT2D eigenvalue weighted by molar-refractivity contribution is 5.75. The molecule has 94 valence electrons. The quantitative estimate of drug-likeness (QED) is 0.673. The smallest absolute Gasteiger partial charge is 0.323 e.